The maximum absolute atomic E-state index is 13.0. The van der Waals surface area contributed by atoms with E-state index in [2.05, 4.69) is 10.6 Å². The summed E-state index contributed by atoms with van der Waals surface area (Å²) < 4.78 is 18.1. The summed E-state index contributed by atoms with van der Waals surface area (Å²) >= 11 is 0. The van der Waals surface area contributed by atoms with Gasteiger partial charge < -0.3 is 15.4 Å². The Hall–Kier alpha value is -2.11. The third-order valence-corrected chi connectivity index (χ3v) is 3.43. The molecule has 2 amide bonds. The van der Waals surface area contributed by atoms with Crippen molar-refractivity contribution < 1.29 is 18.7 Å². The van der Waals surface area contributed by atoms with Crippen LogP contribution < -0.4 is 10.6 Å². The van der Waals surface area contributed by atoms with Crippen LogP contribution in [0.2, 0.25) is 0 Å². The molecule has 5 nitrogen and oxygen atoms in total. The zero-order valence-corrected chi connectivity index (χ0v) is 13.7. The van der Waals surface area contributed by atoms with Crippen LogP contribution in [-0.4, -0.2) is 24.1 Å². The van der Waals surface area contributed by atoms with E-state index in [-0.39, 0.29) is 24.3 Å². The van der Waals surface area contributed by atoms with Gasteiger partial charge in [0.05, 0.1) is 6.04 Å². The third kappa shape index (κ3) is 5.88. The molecule has 2 N–H and O–H groups in total. The van der Waals surface area contributed by atoms with Crippen LogP contribution >= 0.6 is 0 Å². The number of hydrogen-bond donors (Lipinski definition) is 2. The molecule has 23 heavy (non-hydrogen) atoms. The summed E-state index contributed by atoms with van der Waals surface area (Å²) in [6.07, 6.45) is 1.43. The highest BCUT2D eigenvalue weighted by Gasteiger charge is 2.33. The van der Waals surface area contributed by atoms with Crippen molar-refractivity contribution in [1.82, 2.24) is 10.6 Å². The molecule has 1 atom stereocenters. The van der Waals surface area contributed by atoms with Gasteiger partial charge in [0.2, 0.25) is 5.91 Å². The molecule has 1 saturated carbocycles. The monoisotopic (exact) mass is 322 g/mol. The molecular weight excluding hydrogens is 299 g/mol. The number of alkyl carbamates (subject to hydrolysis) is 1. The average Bonchev–Trinajstić information content (AvgIpc) is 3.26. The molecule has 1 aromatic rings. The van der Waals surface area contributed by atoms with E-state index >= 15 is 0 Å². The second-order valence-electron chi connectivity index (χ2n) is 6.79. The van der Waals surface area contributed by atoms with Crippen molar-refractivity contribution in [2.45, 2.75) is 45.3 Å². The van der Waals surface area contributed by atoms with Gasteiger partial charge in [-0.15, -0.1) is 0 Å². The number of hydrogen-bond acceptors (Lipinski definition) is 3. The number of carbonyl (C=O) groups is 2. The van der Waals surface area contributed by atoms with Crippen LogP contribution in [-0.2, 0) is 9.53 Å². The van der Waals surface area contributed by atoms with E-state index in [0.717, 1.165) is 18.4 Å². The van der Waals surface area contributed by atoms with Crippen molar-refractivity contribution in [3.05, 3.63) is 35.6 Å². The highest BCUT2D eigenvalue weighted by Crippen LogP contribution is 2.40. The van der Waals surface area contributed by atoms with Crippen LogP contribution in [0.15, 0.2) is 24.3 Å². The predicted octanol–water partition coefficient (Wildman–Crippen LogP) is 2.92. The van der Waals surface area contributed by atoms with Crippen molar-refractivity contribution in [2.24, 2.45) is 5.92 Å². The largest absolute Gasteiger partial charge is 0.444 e. The van der Waals surface area contributed by atoms with Crippen molar-refractivity contribution in [3.63, 3.8) is 0 Å². The molecule has 1 aliphatic carbocycles. The predicted molar refractivity (Wildman–Crippen MR) is 84.2 cm³/mol. The molecule has 1 aliphatic rings. The first-order valence-corrected chi connectivity index (χ1v) is 7.76. The number of ether oxygens (including phenoxy) is 1. The van der Waals surface area contributed by atoms with Crippen LogP contribution in [0.25, 0.3) is 0 Å². The molecule has 0 bridgehead atoms. The molecule has 1 aromatic carbocycles. The molecule has 6 heteroatoms. The number of rotatable bonds is 5. The van der Waals surface area contributed by atoms with E-state index in [1.165, 1.54) is 12.1 Å². The molecule has 0 radical (unpaired) electrons. The normalized spacial score (nSPS) is 15.7. The van der Waals surface area contributed by atoms with Crippen LogP contribution in [0.4, 0.5) is 9.18 Å². The van der Waals surface area contributed by atoms with Gasteiger partial charge in [0.25, 0.3) is 0 Å². The van der Waals surface area contributed by atoms with Crippen molar-refractivity contribution in [3.8, 4) is 0 Å². The van der Waals surface area contributed by atoms with Gasteiger partial charge in [0, 0.05) is 0 Å². The SMILES string of the molecule is CC(C)(C)OC(=O)NCC(=O)NC(c1ccc(F)cc1)C1CC1. The summed E-state index contributed by atoms with van der Waals surface area (Å²) in [5.74, 6) is -0.232. The van der Waals surface area contributed by atoms with E-state index in [1.54, 1.807) is 32.9 Å². The highest BCUT2D eigenvalue weighted by molar-refractivity contribution is 5.82. The fourth-order valence-electron chi connectivity index (χ4n) is 2.26. The summed E-state index contributed by atoms with van der Waals surface area (Å²) in [5.41, 5.74) is 0.269. The van der Waals surface area contributed by atoms with Crippen LogP contribution in [0.3, 0.4) is 0 Å². The van der Waals surface area contributed by atoms with E-state index in [1.807, 2.05) is 0 Å². The smallest absolute Gasteiger partial charge is 0.408 e. The maximum Gasteiger partial charge on any atom is 0.408 e. The van der Waals surface area contributed by atoms with Crippen LogP contribution in [0, 0.1) is 11.7 Å². The van der Waals surface area contributed by atoms with Gasteiger partial charge in [-0.1, -0.05) is 12.1 Å². The van der Waals surface area contributed by atoms with Crippen LogP contribution in [0.5, 0.6) is 0 Å². The van der Waals surface area contributed by atoms with Gasteiger partial charge in [-0.25, -0.2) is 9.18 Å². The summed E-state index contributed by atoms with van der Waals surface area (Å²) in [6.45, 7) is 5.11. The lowest BCUT2D eigenvalue weighted by Crippen LogP contribution is -2.41. The fraction of sp³-hybridized carbons (Fsp3) is 0.529. The number of halogens is 1. The Morgan fingerprint density at radius 2 is 1.87 bits per heavy atom. The molecule has 0 aliphatic heterocycles. The average molecular weight is 322 g/mol. The summed E-state index contributed by atoms with van der Waals surface area (Å²) in [6, 6.07) is 5.98. The van der Waals surface area contributed by atoms with Gasteiger partial charge in [0.1, 0.15) is 18.0 Å². The van der Waals surface area contributed by atoms with Crippen molar-refractivity contribution in [1.29, 1.82) is 0 Å². The van der Waals surface area contributed by atoms with Crippen LogP contribution in [0.1, 0.15) is 45.2 Å². The Morgan fingerprint density at radius 3 is 2.39 bits per heavy atom. The number of carbonyl (C=O) groups excluding carboxylic acids is 2. The minimum absolute atomic E-state index is 0.150. The minimum atomic E-state index is -0.627. The number of amides is 2. The molecule has 0 aromatic heterocycles. The molecule has 126 valence electrons. The standard InChI is InChI=1S/C17H23FN2O3/c1-17(2,3)23-16(22)19-10-14(21)20-15(11-4-5-11)12-6-8-13(18)9-7-12/h6-9,11,15H,4-5,10H2,1-3H3,(H,19,22)(H,20,21). The van der Waals surface area contributed by atoms with Crippen molar-refractivity contribution >= 4 is 12.0 Å². The van der Waals surface area contributed by atoms with Gasteiger partial charge >= 0.3 is 6.09 Å². The first-order valence-electron chi connectivity index (χ1n) is 7.76. The third-order valence-electron chi connectivity index (χ3n) is 3.43. The molecule has 1 fully saturated rings. The number of nitrogens with one attached hydrogen (secondary N) is 2. The highest BCUT2D eigenvalue weighted by atomic mass is 19.1. The molecule has 0 spiro atoms. The second kappa shape index (κ2) is 6.98. The first-order chi connectivity index (χ1) is 10.7. The lowest BCUT2D eigenvalue weighted by atomic mass is 10.0. The Morgan fingerprint density at radius 1 is 1.26 bits per heavy atom. The minimum Gasteiger partial charge on any atom is -0.444 e. The quantitative estimate of drug-likeness (QED) is 0.876. The van der Waals surface area contributed by atoms with Gasteiger partial charge in [-0.2, -0.15) is 0 Å². The summed E-state index contributed by atoms with van der Waals surface area (Å²) in [4.78, 5) is 23.6. The Labute approximate surface area is 135 Å². The second-order valence-corrected chi connectivity index (χ2v) is 6.79. The molecule has 1 unspecified atom stereocenters. The van der Waals surface area contributed by atoms with E-state index in [4.69, 9.17) is 4.74 Å². The lowest BCUT2D eigenvalue weighted by molar-refractivity contribution is -0.121. The van der Waals surface area contributed by atoms with E-state index in [9.17, 15) is 14.0 Å². The Balaban J connectivity index is 1.87. The molecule has 0 saturated heterocycles. The lowest BCUT2D eigenvalue weighted by Gasteiger charge is -2.21. The Bertz CT molecular complexity index is 562. The molecular formula is C17H23FN2O3. The summed E-state index contributed by atoms with van der Waals surface area (Å²) in [5, 5.41) is 5.33. The maximum atomic E-state index is 13.0. The van der Waals surface area contributed by atoms with Gasteiger partial charge in [-0.3, -0.25) is 4.79 Å². The molecule has 2 rings (SSSR count). The zero-order chi connectivity index (χ0) is 17.0. The topological polar surface area (TPSA) is 67.4 Å². The summed E-state index contributed by atoms with van der Waals surface area (Å²) in [7, 11) is 0. The van der Waals surface area contributed by atoms with Crippen molar-refractivity contribution in [2.75, 3.05) is 6.54 Å². The Kier molecular flexibility index (Phi) is 5.23. The van der Waals surface area contributed by atoms with Gasteiger partial charge in [-0.05, 0) is 57.2 Å². The first kappa shape index (κ1) is 17.2. The fourth-order valence-corrected chi connectivity index (χ4v) is 2.26. The zero-order valence-electron chi connectivity index (χ0n) is 13.7. The number of benzene rings is 1. The molecule has 0 heterocycles. The van der Waals surface area contributed by atoms with Gasteiger partial charge in [0.15, 0.2) is 0 Å². The van der Waals surface area contributed by atoms with E-state index in [0.29, 0.717) is 5.92 Å². The van der Waals surface area contributed by atoms with E-state index < -0.39 is 11.7 Å².